The van der Waals surface area contributed by atoms with Crippen LogP contribution in [0.4, 0.5) is 0 Å². The Balaban J connectivity index is 2.03. The molecule has 0 aliphatic heterocycles. The van der Waals surface area contributed by atoms with Gasteiger partial charge in [-0.15, -0.1) is 0 Å². The molecule has 0 radical (unpaired) electrons. The Kier molecular flexibility index (Phi) is 3.42. The molecule has 15 heavy (non-hydrogen) atoms. The summed E-state index contributed by atoms with van der Waals surface area (Å²) >= 11 is 0. The first-order valence-corrected chi connectivity index (χ1v) is 6.14. The van der Waals surface area contributed by atoms with Crippen LogP contribution in [0.1, 0.15) is 48.9 Å². The lowest BCUT2D eigenvalue weighted by Crippen LogP contribution is -2.20. The van der Waals surface area contributed by atoms with E-state index in [0.717, 1.165) is 6.54 Å². The third-order valence-electron chi connectivity index (χ3n) is 3.30. The molecule has 0 saturated heterocycles. The van der Waals surface area contributed by atoms with Gasteiger partial charge >= 0.3 is 0 Å². The number of hydrogen-bond donors (Lipinski definition) is 1. The maximum absolute atomic E-state index is 3.67. The average molecular weight is 203 g/mol. The third-order valence-corrected chi connectivity index (χ3v) is 3.30. The molecule has 0 fully saturated rings. The van der Waals surface area contributed by atoms with Crippen molar-refractivity contribution in [1.29, 1.82) is 0 Å². The molecule has 1 aromatic rings. The van der Waals surface area contributed by atoms with Gasteiger partial charge in [-0.25, -0.2) is 0 Å². The minimum absolute atomic E-state index is 0.617. The fraction of sp³-hybridized carbons (Fsp3) is 0.571. The molecule has 1 nitrogen and oxygen atoms in total. The maximum atomic E-state index is 3.67. The smallest absolute Gasteiger partial charge is 0.0326 e. The summed E-state index contributed by atoms with van der Waals surface area (Å²) in [7, 11) is 0. The molecule has 1 N–H and O–H groups in total. The van der Waals surface area contributed by atoms with E-state index in [1.165, 1.54) is 31.2 Å². The normalized spacial score (nSPS) is 19.2. The number of unbranched alkanes of at least 4 members (excludes halogenated alkanes) is 1. The first-order chi connectivity index (χ1) is 7.31. The number of nitrogens with one attached hydrogen (secondary N) is 1. The van der Waals surface area contributed by atoms with E-state index in [2.05, 4.69) is 37.4 Å². The summed E-state index contributed by atoms with van der Waals surface area (Å²) in [6.45, 7) is 5.59. The van der Waals surface area contributed by atoms with E-state index in [1.807, 2.05) is 0 Å². The van der Waals surface area contributed by atoms with E-state index in [9.17, 15) is 0 Å². The van der Waals surface area contributed by atoms with E-state index >= 15 is 0 Å². The summed E-state index contributed by atoms with van der Waals surface area (Å²) in [5.41, 5.74) is 4.48. The van der Waals surface area contributed by atoms with Crippen LogP contribution in [0.25, 0.3) is 0 Å². The van der Waals surface area contributed by atoms with E-state index < -0.39 is 0 Å². The molecule has 1 atom stereocenters. The number of aryl methyl sites for hydroxylation is 2. The first kappa shape index (κ1) is 10.7. The zero-order valence-electron chi connectivity index (χ0n) is 9.84. The van der Waals surface area contributed by atoms with Crippen molar-refractivity contribution in [2.24, 2.45) is 0 Å². The summed E-state index contributed by atoms with van der Waals surface area (Å²) in [4.78, 5) is 0. The summed E-state index contributed by atoms with van der Waals surface area (Å²) in [6, 6.07) is 7.50. The van der Waals surface area contributed by atoms with Crippen LogP contribution < -0.4 is 5.32 Å². The van der Waals surface area contributed by atoms with Gasteiger partial charge in [0.05, 0.1) is 0 Å². The molecule has 1 aliphatic rings. The third kappa shape index (κ3) is 2.40. The highest BCUT2D eigenvalue weighted by atomic mass is 14.9. The van der Waals surface area contributed by atoms with Crippen LogP contribution in [0, 0.1) is 6.92 Å². The Morgan fingerprint density at radius 2 is 2.27 bits per heavy atom. The molecule has 1 aliphatic carbocycles. The lowest BCUT2D eigenvalue weighted by Gasteiger charge is -2.14. The lowest BCUT2D eigenvalue weighted by molar-refractivity contribution is 0.518. The number of rotatable bonds is 4. The van der Waals surface area contributed by atoms with Gasteiger partial charge in [0.15, 0.2) is 0 Å². The standard InChI is InChI=1S/C14H21N/c1-3-4-9-15-14-8-7-12-6-5-11(2)10-13(12)14/h5-6,10,14-15H,3-4,7-9H2,1-2H3. The van der Waals surface area contributed by atoms with Gasteiger partial charge in [-0.3, -0.25) is 0 Å². The fourth-order valence-electron chi connectivity index (χ4n) is 2.39. The minimum Gasteiger partial charge on any atom is -0.310 e. The summed E-state index contributed by atoms with van der Waals surface area (Å²) in [5.74, 6) is 0. The van der Waals surface area contributed by atoms with Gasteiger partial charge in [-0.2, -0.15) is 0 Å². The van der Waals surface area contributed by atoms with Crippen molar-refractivity contribution in [3.8, 4) is 0 Å². The number of hydrogen-bond acceptors (Lipinski definition) is 1. The van der Waals surface area contributed by atoms with Crippen molar-refractivity contribution in [3.63, 3.8) is 0 Å². The van der Waals surface area contributed by atoms with Crippen LogP contribution in [0.5, 0.6) is 0 Å². The summed E-state index contributed by atoms with van der Waals surface area (Å²) in [5, 5.41) is 3.67. The van der Waals surface area contributed by atoms with Crippen LogP contribution in [0.2, 0.25) is 0 Å². The maximum Gasteiger partial charge on any atom is 0.0326 e. The van der Waals surface area contributed by atoms with Crippen LogP contribution in [0.15, 0.2) is 18.2 Å². The molecule has 2 rings (SSSR count). The zero-order chi connectivity index (χ0) is 10.7. The molecular formula is C14H21N. The van der Waals surface area contributed by atoms with Crippen molar-refractivity contribution < 1.29 is 0 Å². The van der Waals surface area contributed by atoms with Crippen LogP contribution in [-0.2, 0) is 6.42 Å². The highest BCUT2D eigenvalue weighted by molar-refractivity contribution is 5.37. The van der Waals surface area contributed by atoms with Crippen molar-refractivity contribution in [3.05, 3.63) is 34.9 Å². The molecule has 1 heteroatoms. The Morgan fingerprint density at radius 1 is 1.40 bits per heavy atom. The Morgan fingerprint density at radius 3 is 3.07 bits per heavy atom. The molecule has 0 spiro atoms. The van der Waals surface area contributed by atoms with Crippen LogP contribution in [0.3, 0.4) is 0 Å². The second-order valence-electron chi connectivity index (χ2n) is 4.60. The molecule has 1 unspecified atom stereocenters. The topological polar surface area (TPSA) is 12.0 Å². The second kappa shape index (κ2) is 4.80. The van der Waals surface area contributed by atoms with E-state index in [4.69, 9.17) is 0 Å². The molecule has 0 bridgehead atoms. The monoisotopic (exact) mass is 203 g/mol. The molecule has 0 aromatic heterocycles. The SMILES string of the molecule is CCCCNC1CCc2ccc(C)cc21. The highest BCUT2D eigenvalue weighted by Crippen LogP contribution is 2.31. The van der Waals surface area contributed by atoms with Crippen molar-refractivity contribution in [1.82, 2.24) is 5.32 Å². The predicted molar refractivity (Wildman–Crippen MR) is 65.2 cm³/mol. The molecule has 0 saturated carbocycles. The van der Waals surface area contributed by atoms with E-state index in [-0.39, 0.29) is 0 Å². The van der Waals surface area contributed by atoms with Gasteiger partial charge < -0.3 is 5.32 Å². The van der Waals surface area contributed by atoms with Gasteiger partial charge in [0, 0.05) is 6.04 Å². The van der Waals surface area contributed by atoms with Crippen molar-refractivity contribution in [2.75, 3.05) is 6.54 Å². The van der Waals surface area contributed by atoms with Gasteiger partial charge in [-0.1, -0.05) is 37.1 Å². The molecule has 0 heterocycles. The summed E-state index contributed by atoms with van der Waals surface area (Å²) < 4.78 is 0. The van der Waals surface area contributed by atoms with E-state index in [0.29, 0.717) is 6.04 Å². The molecule has 82 valence electrons. The van der Waals surface area contributed by atoms with Gasteiger partial charge in [0.2, 0.25) is 0 Å². The number of benzene rings is 1. The first-order valence-electron chi connectivity index (χ1n) is 6.14. The Bertz CT molecular complexity index is 330. The fourth-order valence-corrected chi connectivity index (χ4v) is 2.39. The van der Waals surface area contributed by atoms with Gasteiger partial charge in [0.25, 0.3) is 0 Å². The van der Waals surface area contributed by atoms with Crippen LogP contribution >= 0.6 is 0 Å². The zero-order valence-corrected chi connectivity index (χ0v) is 9.84. The van der Waals surface area contributed by atoms with Crippen molar-refractivity contribution in [2.45, 2.75) is 45.6 Å². The van der Waals surface area contributed by atoms with E-state index in [1.54, 1.807) is 11.1 Å². The van der Waals surface area contributed by atoms with Gasteiger partial charge in [0.1, 0.15) is 0 Å². The second-order valence-corrected chi connectivity index (χ2v) is 4.60. The average Bonchev–Trinajstić information content (AvgIpc) is 2.62. The molecular weight excluding hydrogens is 182 g/mol. The number of fused-ring (bicyclic) bond motifs is 1. The van der Waals surface area contributed by atoms with Gasteiger partial charge in [-0.05, 0) is 43.9 Å². The lowest BCUT2D eigenvalue weighted by atomic mass is 10.1. The summed E-state index contributed by atoms with van der Waals surface area (Å²) in [6.07, 6.45) is 5.10. The largest absolute Gasteiger partial charge is 0.310 e. The molecule has 1 aromatic carbocycles. The molecule has 0 amide bonds. The van der Waals surface area contributed by atoms with Crippen molar-refractivity contribution >= 4 is 0 Å². The Hall–Kier alpha value is -0.820. The minimum atomic E-state index is 0.617. The Labute approximate surface area is 92.9 Å². The van der Waals surface area contributed by atoms with Crippen LogP contribution in [-0.4, -0.2) is 6.54 Å². The predicted octanol–water partition coefficient (Wildman–Crippen LogP) is 3.37. The highest BCUT2D eigenvalue weighted by Gasteiger charge is 2.21. The quantitative estimate of drug-likeness (QED) is 0.740.